The van der Waals surface area contributed by atoms with Gasteiger partial charge in [0.25, 0.3) is 5.89 Å². The minimum Gasteiger partial charge on any atom is -0.435 e. The predicted octanol–water partition coefficient (Wildman–Crippen LogP) is 1.53. The lowest BCUT2D eigenvalue weighted by atomic mass is 10.1. The number of piperazine rings is 1. The molecule has 1 fully saturated rings. The lowest BCUT2D eigenvalue weighted by Gasteiger charge is -2.31. The average molecular weight is 386 g/mol. The van der Waals surface area contributed by atoms with Crippen molar-refractivity contribution in [2.75, 3.05) is 26.2 Å². The molecule has 0 bridgehead atoms. The first-order valence-electron chi connectivity index (χ1n) is 9.19. The second-order valence-corrected chi connectivity index (χ2v) is 9.09. The number of aromatic nitrogens is 1. The lowest BCUT2D eigenvalue weighted by Crippen LogP contribution is -3.13. The number of hydrogen-bond acceptors (Lipinski definition) is 4. The van der Waals surface area contributed by atoms with Crippen LogP contribution in [0.25, 0.3) is 11.1 Å². The fourth-order valence-corrected chi connectivity index (χ4v) is 4.98. The van der Waals surface area contributed by atoms with Gasteiger partial charge in [-0.1, -0.05) is 18.2 Å². The van der Waals surface area contributed by atoms with Gasteiger partial charge in [0.05, 0.1) is 31.1 Å². The van der Waals surface area contributed by atoms with Crippen LogP contribution in [0.15, 0.2) is 51.8 Å². The number of hydrogen-bond donors (Lipinski definition) is 1. The molecule has 4 rings (SSSR count). The summed E-state index contributed by atoms with van der Waals surface area (Å²) in [5.74, 6) is 0.705. The van der Waals surface area contributed by atoms with Crippen molar-refractivity contribution >= 4 is 21.1 Å². The molecule has 7 heteroatoms. The molecule has 0 aliphatic carbocycles. The number of oxazole rings is 1. The van der Waals surface area contributed by atoms with E-state index in [-0.39, 0.29) is 0 Å². The Balaban J connectivity index is 1.42. The van der Waals surface area contributed by atoms with Crippen molar-refractivity contribution in [1.82, 2.24) is 9.29 Å². The van der Waals surface area contributed by atoms with E-state index in [1.165, 1.54) is 4.90 Å². The van der Waals surface area contributed by atoms with E-state index in [2.05, 4.69) is 4.98 Å². The Morgan fingerprint density at radius 1 is 1.07 bits per heavy atom. The summed E-state index contributed by atoms with van der Waals surface area (Å²) in [4.78, 5) is 6.19. The first-order valence-corrected chi connectivity index (χ1v) is 10.6. The summed E-state index contributed by atoms with van der Waals surface area (Å²) < 4.78 is 33.2. The minimum atomic E-state index is -3.44. The standard InChI is InChI=1S/C20H23N3O3S/c1-15-7-8-17(13-16(15)2)27(24,25)23-11-9-22(10-12-23)14-20-21-18-5-3-4-6-19(18)26-20/h3-8,13H,9-12,14H2,1-2H3/p+1. The van der Waals surface area contributed by atoms with E-state index in [0.29, 0.717) is 30.4 Å². The molecule has 1 N–H and O–H groups in total. The van der Waals surface area contributed by atoms with Gasteiger partial charge in [0, 0.05) is 0 Å². The number of nitrogens with one attached hydrogen (secondary N) is 1. The smallest absolute Gasteiger partial charge is 0.251 e. The maximum atomic E-state index is 12.9. The van der Waals surface area contributed by atoms with E-state index < -0.39 is 10.0 Å². The third-order valence-electron chi connectivity index (χ3n) is 5.29. The zero-order valence-electron chi connectivity index (χ0n) is 15.6. The van der Waals surface area contributed by atoms with Crippen molar-refractivity contribution < 1.29 is 17.7 Å². The van der Waals surface area contributed by atoms with E-state index in [1.54, 1.807) is 16.4 Å². The second-order valence-electron chi connectivity index (χ2n) is 7.15. The maximum absolute atomic E-state index is 12.9. The van der Waals surface area contributed by atoms with Gasteiger partial charge in [0.1, 0.15) is 5.52 Å². The average Bonchev–Trinajstić information content (AvgIpc) is 3.06. The number of benzene rings is 2. The Morgan fingerprint density at radius 2 is 1.81 bits per heavy atom. The van der Waals surface area contributed by atoms with Crippen LogP contribution in [0, 0.1) is 13.8 Å². The molecule has 27 heavy (non-hydrogen) atoms. The van der Waals surface area contributed by atoms with Gasteiger partial charge in [-0.15, -0.1) is 0 Å². The summed E-state index contributed by atoms with van der Waals surface area (Å²) in [6, 6.07) is 13.1. The van der Waals surface area contributed by atoms with E-state index in [9.17, 15) is 8.42 Å². The molecule has 0 saturated carbocycles. The predicted molar refractivity (Wildman–Crippen MR) is 103 cm³/mol. The SMILES string of the molecule is Cc1ccc(S(=O)(=O)N2CC[NH+](Cc3nc4ccccc4o3)CC2)cc1C. The molecular weight excluding hydrogens is 362 g/mol. The molecule has 0 amide bonds. The van der Waals surface area contributed by atoms with Crippen LogP contribution in [0.1, 0.15) is 17.0 Å². The summed E-state index contributed by atoms with van der Waals surface area (Å²) in [7, 11) is -3.44. The Kier molecular flexibility index (Phi) is 4.75. The molecule has 3 aromatic rings. The van der Waals surface area contributed by atoms with Crippen molar-refractivity contribution in [2.24, 2.45) is 0 Å². The fraction of sp³-hybridized carbons (Fsp3) is 0.350. The van der Waals surface area contributed by atoms with E-state index in [1.807, 2.05) is 44.2 Å². The number of nitrogens with zero attached hydrogens (tertiary/aromatic N) is 2. The van der Waals surface area contributed by atoms with E-state index in [0.717, 1.165) is 35.3 Å². The zero-order valence-corrected chi connectivity index (χ0v) is 16.4. The fourth-order valence-electron chi connectivity index (χ4n) is 3.45. The molecule has 6 nitrogen and oxygen atoms in total. The number of sulfonamides is 1. The van der Waals surface area contributed by atoms with Gasteiger partial charge in [-0.2, -0.15) is 4.31 Å². The number of para-hydroxylation sites is 2. The van der Waals surface area contributed by atoms with Crippen LogP contribution in [0.2, 0.25) is 0 Å². The van der Waals surface area contributed by atoms with Gasteiger partial charge >= 0.3 is 0 Å². The van der Waals surface area contributed by atoms with Gasteiger partial charge in [-0.25, -0.2) is 13.4 Å². The zero-order chi connectivity index (χ0) is 19.0. The van der Waals surface area contributed by atoms with Crippen molar-refractivity contribution in [3.63, 3.8) is 0 Å². The van der Waals surface area contributed by atoms with Crippen LogP contribution >= 0.6 is 0 Å². The Hall–Kier alpha value is -2.22. The minimum absolute atomic E-state index is 0.382. The maximum Gasteiger partial charge on any atom is 0.251 e. The molecule has 1 aliphatic rings. The summed E-state index contributed by atoms with van der Waals surface area (Å²) in [6.45, 7) is 7.09. The van der Waals surface area contributed by atoms with Crippen LogP contribution in [0.4, 0.5) is 0 Å². The molecule has 0 radical (unpaired) electrons. The van der Waals surface area contributed by atoms with Crippen molar-refractivity contribution in [3.8, 4) is 0 Å². The summed E-state index contributed by atoms with van der Waals surface area (Å²) in [5.41, 5.74) is 3.75. The molecule has 2 aromatic carbocycles. The van der Waals surface area contributed by atoms with Crippen LogP contribution in [-0.4, -0.2) is 43.9 Å². The third-order valence-corrected chi connectivity index (χ3v) is 7.18. The third kappa shape index (κ3) is 3.63. The second kappa shape index (κ2) is 7.07. The van der Waals surface area contributed by atoms with Crippen LogP contribution < -0.4 is 4.90 Å². The topological polar surface area (TPSA) is 67.8 Å². The Bertz CT molecular complexity index is 1030. The molecule has 0 unspecified atom stereocenters. The first kappa shape index (κ1) is 18.2. The van der Waals surface area contributed by atoms with Gasteiger partial charge < -0.3 is 9.32 Å². The highest BCUT2D eigenvalue weighted by Crippen LogP contribution is 2.19. The molecular formula is C20H24N3O3S+. The van der Waals surface area contributed by atoms with Crippen molar-refractivity contribution in [3.05, 3.63) is 59.5 Å². The molecule has 0 spiro atoms. The van der Waals surface area contributed by atoms with Crippen LogP contribution in [0.3, 0.4) is 0 Å². The highest BCUT2D eigenvalue weighted by molar-refractivity contribution is 7.89. The monoisotopic (exact) mass is 386 g/mol. The summed E-state index contributed by atoms with van der Waals surface area (Å²) in [6.07, 6.45) is 0. The van der Waals surface area contributed by atoms with Crippen molar-refractivity contribution in [1.29, 1.82) is 0 Å². The number of rotatable bonds is 4. The Labute approximate surface area is 159 Å². The molecule has 1 aromatic heterocycles. The lowest BCUT2D eigenvalue weighted by molar-refractivity contribution is -0.918. The van der Waals surface area contributed by atoms with Gasteiger partial charge in [-0.3, -0.25) is 0 Å². The highest BCUT2D eigenvalue weighted by Gasteiger charge is 2.31. The van der Waals surface area contributed by atoms with Crippen LogP contribution in [-0.2, 0) is 16.6 Å². The van der Waals surface area contributed by atoms with E-state index >= 15 is 0 Å². The first-order chi connectivity index (χ1) is 12.9. The highest BCUT2D eigenvalue weighted by atomic mass is 32.2. The number of quaternary nitrogens is 1. The number of fused-ring (bicyclic) bond motifs is 1. The van der Waals surface area contributed by atoms with Gasteiger partial charge in [0.2, 0.25) is 10.0 Å². The van der Waals surface area contributed by atoms with E-state index in [4.69, 9.17) is 4.42 Å². The van der Waals surface area contributed by atoms with Crippen molar-refractivity contribution in [2.45, 2.75) is 25.3 Å². The molecule has 1 saturated heterocycles. The molecule has 2 heterocycles. The number of aryl methyl sites for hydroxylation is 2. The van der Waals surface area contributed by atoms with Gasteiger partial charge in [0.15, 0.2) is 12.1 Å². The molecule has 1 aliphatic heterocycles. The molecule has 142 valence electrons. The largest absolute Gasteiger partial charge is 0.435 e. The Morgan fingerprint density at radius 3 is 2.52 bits per heavy atom. The summed E-state index contributed by atoms with van der Waals surface area (Å²) in [5, 5.41) is 0. The quantitative estimate of drug-likeness (QED) is 0.739. The van der Waals surface area contributed by atoms with Crippen LogP contribution in [0.5, 0.6) is 0 Å². The molecule has 0 atom stereocenters. The van der Waals surface area contributed by atoms with Gasteiger partial charge in [-0.05, 0) is 49.2 Å². The normalized spacial score (nSPS) is 16.8. The summed E-state index contributed by atoms with van der Waals surface area (Å²) >= 11 is 0.